The molecule has 1 aliphatic carbocycles. The van der Waals surface area contributed by atoms with E-state index in [0.717, 1.165) is 0 Å². The third-order valence-corrected chi connectivity index (χ3v) is 4.84. The van der Waals surface area contributed by atoms with Crippen LogP contribution < -0.4 is 4.72 Å². The summed E-state index contributed by atoms with van der Waals surface area (Å²) in [5.41, 5.74) is -1.08. The van der Waals surface area contributed by atoms with Gasteiger partial charge in [-0.15, -0.1) is 0 Å². The van der Waals surface area contributed by atoms with Gasteiger partial charge in [-0.25, -0.2) is 23.4 Å². The molecule has 1 aliphatic rings. The summed E-state index contributed by atoms with van der Waals surface area (Å²) < 4.78 is 33.1. The van der Waals surface area contributed by atoms with Crippen LogP contribution in [0.2, 0.25) is 0 Å². The van der Waals surface area contributed by atoms with E-state index in [9.17, 15) is 8.42 Å². The maximum atomic E-state index is 12.5. The lowest BCUT2D eigenvalue weighted by Gasteiger charge is -2.15. The third-order valence-electron chi connectivity index (χ3n) is 3.46. The number of aromatic nitrogens is 3. The molecule has 2 aromatic heterocycles. The molecule has 0 spiro atoms. The normalized spacial score (nSPS) is 17.4. The van der Waals surface area contributed by atoms with E-state index in [2.05, 4.69) is 19.7 Å². The van der Waals surface area contributed by atoms with Crippen LogP contribution >= 0.6 is 0 Å². The monoisotopic (exact) mass is 322 g/mol. The fourth-order valence-corrected chi connectivity index (χ4v) is 3.37. The van der Waals surface area contributed by atoms with Crippen LogP contribution in [0.4, 0.5) is 0 Å². The van der Waals surface area contributed by atoms with Crippen LogP contribution in [-0.2, 0) is 21.0 Å². The molecule has 1 N–H and O–H groups in total. The number of nitrogens with one attached hydrogen (secondary N) is 1. The van der Waals surface area contributed by atoms with Crippen LogP contribution in [-0.4, -0.2) is 23.4 Å². The minimum absolute atomic E-state index is 0.181. The van der Waals surface area contributed by atoms with Crippen LogP contribution in [0.3, 0.4) is 0 Å². The lowest BCUT2D eigenvalue weighted by atomic mass is 9.97. The number of oxazole rings is 1. The summed E-state index contributed by atoms with van der Waals surface area (Å²) in [6.07, 6.45) is 5.77. The number of hydrogen-bond donors (Lipinski definition) is 1. The second-order valence-electron chi connectivity index (χ2n) is 6.49. The molecule has 0 bridgehead atoms. The number of rotatable bonds is 4. The van der Waals surface area contributed by atoms with Crippen molar-refractivity contribution in [3.8, 4) is 0 Å². The molecular formula is C14H18N4O3S. The van der Waals surface area contributed by atoms with Crippen LogP contribution in [0.1, 0.15) is 45.3 Å². The number of nitrogens with zero attached hydrogens (tertiary/aromatic N) is 3. The zero-order valence-corrected chi connectivity index (χ0v) is 13.5. The van der Waals surface area contributed by atoms with Gasteiger partial charge in [0.25, 0.3) is 15.1 Å². The van der Waals surface area contributed by atoms with E-state index in [-0.39, 0.29) is 10.5 Å². The van der Waals surface area contributed by atoms with Crippen molar-refractivity contribution < 1.29 is 12.8 Å². The van der Waals surface area contributed by atoms with Gasteiger partial charge in [0.05, 0.1) is 11.7 Å². The molecule has 0 saturated heterocycles. The van der Waals surface area contributed by atoms with Gasteiger partial charge in [0, 0.05) is 17.8 Å². The molecule has 3 rings (SSSR count). The summed E-state index contributed by atoms with van der Waals surface area (Å²) in [7, 11) is -3.80. The first-order valence-electron chi connectivity index (χ1n) is 7.01. The second-order valence-corrected chi connectivity index (χ2v) is 8.11. The highest BCUT2D eigenvalue weighted by molar-refractivity contribution is 7.89. The summed E-state index contributed by atoms with van der Waals surface area (Å²) in [6, 6.07) is 1.69. The molecule has 7 nitrogen and oxygen atoms in total. The average molecular weight is 322 g/mol. The summed E-state index contributed by atoms with van der Waals surface area (Å²) in [4.78, 5) is 12.4. The summed E-state index contributed by atoms with van der Waals surface area (Å²) in [6.45, 7) is 5.72. The van der Waals surface area contributed by atoms with Gasteiger partial charge in [-0.3, -0.25) is 0 Å². The van der Waals surface area contributed by atoms with Gasteiger partial charge in [-0.2, -0.15) is 4.72 Å². The lowest BCUT2D eigenvalue weighted by molar-refractivity contribution is 0.341. The van der Waals surface area contributed by atoms with E-state index in [0.29, 0.717) is 24.6 Å². The minimum atomic E-state index is -3.80. The molecule has 118 valence electrons. The van der Waals surface area contributed by atoms with Crippen molar-refractivity contribution in [2.45, 2.75) is 49.7 Å². The van der Waals surface area contributed by atoms with Gasteiger partial charge >= 0.3 is 0 Å². The molecule has 0 radical (unpaired) electrons. The molecule has 1 fully saturated rings. The molecule has 1 saturated carbocycles. The molecule has 8 heteroatoms. The predicted molar refractivity (Wildman–Crippen MR) is 78.5 cm³/mol. The van der Waals surface area contributed by atoms with Crippen molar-refractivity contribution in [3.63, 3.8) is 0 Å². The van der Waals surface area contributed by atoms with Crippen LogP contribution in [0, 0.1) is 0 Å². The van der Waals surface area contributed by atoms with E-state index >= 15 is 0 Å². The number of hydrogen-bond acceptors (Lipinski definition) is 6. The van der Waals surface area contributed by atoms with Crippen molar-refractivity contribution in [2.75, 3.05) is 0 Å². The Kier molecular flexibility index (Phi) is 3.33. The molecule has 2 aromatic rings. The first-order valence-corrected chi connectivity index (χ1v) is 8.49. The van der Waals surface area contributed by atoms with E-state index in [1.54, 1.807) is 18.5 Å². The first kappa shape index (κ1) is 15.1. The Morgan fingerprint density at radius 2 is 1.82 bits per heavy atom. The van der Waals surface area contributed by atoms with Crippen LogP contribution in [0.25, 0.3) is 0 Å². The third kappa shape index (κ3) is 2.76. The van der Waals surface area contributed by atoms with Gasteiger partial charge in [-0.05, 0) is 18.9 Å². The highest BCUT2D eigenvalue weighted by atomic mass is 32.2. The molecule has 0 unspecified atom stereocenters. The SMILES string of the molecule is CC(C)(C)c1ncc(S(=O)(=O)NC2(c3ncccn3)CC2)o1. The maximum Gasteiger partial charge on any atom is 0.276 e. The second kappa shape index (κ2) is 4.85. The Morgan fingerprint density at radius 3 is 2.32 bits per heavy atom. The zero-order valence-electron chi connectivity index (χ0n) is 12.7. The Bertz CT molecular complexity index is 774. The largest absolute Gasteiger partial charge is 0.427 e. The Morgan fingerprint density at radius 1 is 1.18 bits per heavy atom. The van der Waals surface area contributed by atoms with Crippen LogP contribution in [0.15, 0.2) is 34.2 Å². The van der Waals surface area contributed by atoms with Crippen molar-refractivity contribution in [3.05, 3.63) is 36.4 Å². The van der Waals surface area contributed by atoms with Gasteiger partial charge in [-0.1, -0.05) is 20.8 Å². The van der Waals surface area contributed by atoms with Crippen molar-refractivity contribution in [1.29, 1.82) is 0 Å². The van der Waals surface area contributed by atoms with E-state index in [1.165, 1.54) is 6.20 Å². The van der Waals surface area contributed by atoms with Gasteiger partial charge in [0.1, 0.15) is 5.82 Å². The molecule has 2 heterocycles. The van der Waals surface area contributed by atoms with E-state index in [4.69, 9.17) is 4.42 Å². The van der Waals surface area contributed by atoms with Crippen molar-refractivity contribution in [1.82, 2.24) is 19.7 Å². The quantitative estimate of drug-likeness (QED) is 0.920. The van der Waals surface area contributed by atoms with Gasteiger partial charge in [0.2, 0.25) is 5.89 Å². The zero-order chi connectivity index (χ0) is 16.0. The van der Waals surface area contributed by atoms with E-state index < -0.39 is 15.6 Å². The van der Waals surface area contributed by atoms with Crippen LogP contribution in [0.5, 0.6) is 0 Å². The van der Waals surface area contributed by atoms with E-state index in [1.807, 2.05) is 20.8 Å². The highest BCUT2D eigenvalue weighted by Crippen LogP contribution is 2.44. The smallest absolute Gasteiger partial charge is 0.276 e. The summed E-state index contributed by atoms with van der Waals surface area (Å²) >= 11 is 0. The minimum Gasteiger partial charge on any atom is -0.427 e. The topological polar surface area (TPSA) is 98.0 Å². The standard InChI is InChI=1S/C14H18N4O3S/c1-13(2,3)12-17-9-10(21-12)22(19,20)18-14(5-6-14)11-15-7-4-8-16-11/h4,7-9,18H,5-6H2,1-3H3. The van der Waals surface area contributed by atoms with Gasteiger partial charge < -0.3 is 4.42 Å². The molecular weight excluding hydrogens is 304 g/mol. The van der Waals surface area contributed by atoms with Crippen molar-refractivity contribution >= 4 is 10.0 Å². The molecule has 0 aromatic carbocycles. The molecule has 0 amide bonds. The maximum absolute atomic E-state index is 12.5. The lowest BCUT2D eigenvalue weighted by Crippen LogP contribution is -2.36. The van der Waals surface area contributed by atoms with Gasteiger partial charge in [0.15, 0.2) is 0 Å². The average Bonchev–Trinajstić information content (AvgIpc) is 3.02. The summed E-state index contributed by atoms with van der Waals surface area (Å²) in [5, 5.41) is -0.181. The van der Waals surface area contributed by atoms with Crippen molar-refractivity contribution in [2.24, 2.45) is 0 Å². The highest BCUT2D eigenvalue weighted by Gasteiger charge is 2.50. The molecule has 22 heavy (non-hydrogen) atoms. The summed E-state index contributed by atoms with van der Waals surface area (Å²) in [5.74, 6) is 0.864. The first-order chi connectivity index (χ1) is 10.2. The Hall–Kier alpha value is -1.80. The Labute approximate surface area is 129 Å². The fraction of sp³-hybridized carbons (Fsp3) is 0.500. The fourth-order valence-electron chi connectivity index (χ4n) is 2.08. The molecule has 0 aliphatic heterocycles. The predicted octanol–water partition coefficient (Wildman–Crippen LogP) is 1.73. The molecule has 0 atom stereocenters. The number of sulfonamides is 1. The Balaban J connectivity index is 1.87.